The van der Waals surface area contributed by atoms with Crippen LogP contribution < -0.4 is 14.2 Å². The summed E-state index contributed by atoms with van der Waals surface area (Å²) in [5.41, 5.74) is 4.05. The Bertz CT molecular complexity index is 1100. The molecule has 0 spiro atoms. The zero-order valence-corrected chi connectivity index (χ0v) is 15.5. The monoisotopic (exact) mass is 374 g/mol. The van der Waals surface area contributed by atoms with Gasteiger partial charge in [0.2, 0.25) is 0 Å². The summed E-state index contributed by atoms with van der Waals surface area (Å²) in [7, 11) is 3.18. The molecule has 0 fully saturated rings. The average molecular weight is 374 g/mol. The Morgan fingerprint density at radius 1 is 0.857 bits per heavy atom. The number of ether oxygens (including phenoxy) is 3. The fourth-order valence-electron chi connectivity index (χ4n) is 2.70. The highest BCUT2D eigenvalue weighted by molar-refractivity contribution is 5.77. The summed E-state index contributed by atoms with van der Waals surface area (Å²) in [6, 6.07) is 13.2. The summed E-state index contributed by atoms with van der Waals surface area (Å²) in [6.07, 6.45) is 5.11. The quantitative estimate of drug-likeness (QED) is 0.509. The third-order valence-electron chi connectivity index (χ3n) is 4.18. The van der Waals surface area contributed by atoms with Gasteiger partial charge in [0.05, 0.1) is 42.8 Å². The van der Waals surface area contributed by atoms with E-state index >= 15 is 0 Å². The molecule has 4 heterocycles. The van der Waals surface area contributed by atoms with Crippen molar-refractivity contribution in [3.8, 4) is 28.6 Å². The first-order valence-corrected chi connectivity index (χ1v) is 8.65. The molecule has 0 aliphatic rings. The van der Waals surface area contributed by atoms with Gasteiger partial charge in [0, 0.05) is 18.0 Å². The van der Waals surface area contributed by atoms with Crippen molar-refractivity contribution in [1.29, 1.82) is 0 Å². The van der Waals surface area contributed by atoms with Gasteiger partial charge in [-0.2, -0.15) is 0 Å². The molecule has 0 N–H and O–H groups in total. The molecule has 0 aliphatic carbocycles. The first kappa shape index (κ1) is 17.7. The van der Waals surface area contributed by atoms with Crippen LogP contribution in [0.4, 0.5) is 0 Å². The minimum atomic E-state index is 0.270. The summed E-state index contributed by atoms with van der Waals surface area (Å²) in [4.78, 5) is 17.6. The predicted octanol–water partition coefficient (Wildman–Crippen LogP) is 3.68. The van der Waals surface area contributed by atoms with Crippen molar-refractivity contribution >= 4 is 11.0 Å². The summed E-state index contributed by atoms with van der Waals surface area (Å²) < 4.78 is 16.3. The molecule has 28 heavy (non-hydrogen) atoms. The van der Waals surface area contributed by atoms with E-state index in [1.807, 2.05) is 42.5 Å². The van der Waals surface area contributed by atoms with E-state index in [1.54, 1.807) is 32.8 Å². The number of rotatable bonds is 6. The third-order valence-corrected chi connectivity index (χ3v) is 4.18. The molecule has 7 heteroatoms. The van der Waals surface area contributed by atoms with Crippen molar-refractivity contribution in [2.75, 3.05) is 14.2 Å². The van der Waals surface area contributed by atoms with Gasteiger partial charge in [-0.1, -0.05) is 0 Å². The number of pyridine rings is 4. The number of fused-ring (bicyclic) bond motifs is 1. The number of aromatic nitrogens is 4. The van der Waals surface area contributed by atoms with Crippen molar-refractivity contribution in [2.24, 2.45) is 0 Å². The number of hydrogen-bond donors (Lipinski definition) is 0. The normalized spacial score (nSPS) is 10.6. The Morgan fingerprint density at radius 2 is 1.79 bits per heavy atom. The van der Waals surface area contributed by atoms with Gasteiger partial charge in [0.1, 0.15) is 12.4 Å². The summed E-state index contributed by atoms with van der Waals surface area (Å²) in [6.45, 7) is 0.270. The largest absolute Gasteiger partial charge is 0.495 e. The maximum absolute atomic E-state index is 5.78. The molecule has 4 rings (SSSR count). The Hall–Kier alpha value is -3.74. The summed E-state index contributed by atoms with van der Waals surface area (Å²) >= 11 is 0. The zero-order valence-electron chi connectivity index (χ0n) is 15.5. The van der Waals surface area contributed by atoms with E-state index < -0.39 is 0 Å². The molecule has 0 saturated carbocycles. The fraction of sp³-hybridized carbons (Fsp3) is 0.143. The minimum absolute atomic E-state index is 0.270. The Labute approximate surface area is 162 Å². The first-order chi connectivity index (χ1) is 13.8. The van der Waals surface area contributed by atoms with Crippen molar-refractivity contribution in [3.63, 3.8) is 0 Å². The fourth-order valence-corrected chi connectivity index (χ4v) is 2.70. The smallest absolute Gasteiger partial charge is 0.257 e. The van der Waals surface area contributed by atoms with Gasteiger partial charge in [0.25, 0.3) is 5.88 Å². The van der Waals surface area contributed by atoms with Crippen molar-refractivity contribution < 1.29 is 14.2 Å². The highest BCUT2D eigenvalue weighted by Crippen LogP contribution is 2.30. The van der Waals surface area contributed by atoms with Crippen LogP contribution in [0, 0.1) is 0 Å². The van der Waals surface area contributed by atoms with Gasteiger partial charge < -0.3 is 14.2 Å². The maximum atomic E-state index is 5.78. The van der Waals surface area contributed by atoms with E-state index in [4.69, 9.17) is 14.2 Å². The van der Waals surface area contributed by atoms with Crippen molar-refractivity contribution in [2.45, 2.75) is 6.61 Å². The molecule has 0 saturated heterocycles. The lowest BCUT2D eigenvalue weighted by molar-refractivity contribution is 0.268. The van der Waals surface area contributed by atoms with E-state index in [0.717, 1.165) is 28.0 Å². The second-order valence-electron chi connectivity index (χ2n) is 5.95. The first-order valence-electron chi connectivity index (χ1n) is 8.65. The highest BCUT2D eigenvalue weighted by Gasteiger charge is 2.11. The number of nitrogens with zero attached hydrogens (tertiary/aromatic N) is 4. The molecule has 7 nitrogen and oxygen atoms in total. The van der Waals surface area contributed by atoms with Crippen LogP contribution in [0.3, 0.4) is 0 Å². The molecule has 140 valence electrons. The molecule has 0 aromatic carbocycles. The van der Waals surface area contributed by atoms with Crippen LogP contribution >= 0.6 is 0 Å². The Morgan fingerprint density at radius 3 is 2.57 bits per heavy atom. The molecule has 0 unspecified atom stereocenters. The Balaban J connectivity index is 1.56. The second kappa shape index (κ2) is 7.87. The van der Waals surface area contributed by atoms with Gasteiger partial charge in [-0.3, -0.25) is 9.97 Å². The van der Waals surface area contributed by atoms with Crippen LogP contribution in [0.2, 0.25) is 0 Å². The minimum Gasteiger partial charge on any atom is -0.495 e. The second-order valence-corrected chi connectivity index (χ2v) is 5.95. The van der Waals surface area contributed by atoms with Gasteiger partial charge in [-0.15, -0.1) is 0 Å². The molecular weight excluding hydrogens is 356 g/mol. The van der Waals surface area contributed by atoms with Gasteiger partial charge in [-0.05, 0) is 42.5 Å². The summed E-state index contributed by atoms with van der Waals surface area (Å²) in [5.74, 6) is 1.62. The molecule has 0 bridgehead atoms. The van der Waals surface area contributed by atoms with E-state index in [1.165, 1.54) is 0 Å². The lowest BCUT2D eigenvalue weighted by atomic mass is 10.1. The van der Waals surface area contributed by atoms with E-state index in [-0.39, 0.29) is 6.61 Å². The lowest BCUT2D eigenvalue weighted by Gasteiger charge is -2.11. The lowest BCUT2D eigenvalue weighted by Crippen LogP contribution is -2.02. The Kier molecular flexibility index (Phi) is 4.97. The van der Waals surface area contributed by atoms with Crippen molar-refractivity contribution in [3.05, 3.63) is 66.7 Å². The van der Waals surface area contributed by atoms with Crippen LogP contribution in [-0.2, 0) is 6.61 Å². The molecule has 0 atom stereocenters. The van der Waals surface area contributed by atoms with Gasteiger partial charge >= 0.3 is 0 Å². The van der Waals surface area contributed by atoms with Crippen LogP contribution in [0.15, 0.2) is 61.1 Å². The van der Waals surface area contributed by atoms with Gasteiger partial charge in [-0.25, -0.2) is 9.97 Å². The molecule has 4 aromatic heterocycles. The molecule has 0 aliphatic heterocycles. The number of hydrogen-bond acceptors (Lipinski definition) is 7. The van der Waals surface area contributed by atoms with Crippen LogP contribution in [0.1, 0.15) is 5.69 Å². The van der Waals surface area contributed by atoms with E-state index in [0.29, 0.717) is 17.4 Å². The van der Waals surface area contributed by atoms with Gasteiger partial charge in [0.15, 0.2) is 5.75 Å². The van der Waals surface area contributed by atoms with E-state index in [9.17, 15) is 0 Å². The van der Waals surface area contributed by atoms with Crippen LogP contribution in [-0.4, -0.2) is 34.2 Å². The molecule has 4 aromatic rings. The number of methoxy groups -OCH3 is 2. The van der Waals surface area contributed by atoms with Crippen LogP contribution in [0.5, 0.6) is 17.4 Å². The maximum Gasteiger partial charge on any atom is 0.257 e. The molecule has 0 amide bonds. The molecular formula is C21H18N4O3. The summed E-state index contributed by atoms with van der Waals surface area (Å²) in [5, 5.41) is 0. The van der Waals surface area contributed by atoms with Crippen molar-refractivity contribution in [1.82, 2.24) is 19.9 Å². The zero-order chi connectivity index (χ0) is 19.3. The topological polar surface area (TPSA) is 79.2 Å². The highest BCUT2D eigenvalue weighted by atomic mass is 16.5. The molecule has 0 radical (unpaired) electrons. The van der Waals surface area contributed by atoms with E-state index in [2.05, 4.69) is 19.9 Å². The van der Waals surface area contributed by atoms with Crippen LogP contribution in [0.25, 0.3) is 22.3 Å². The predicted molar refractivity (Wildman–Crippen MR) is 104 cm³/mol. The SMILES string of the molecule is COc1ccc(COc2ncc(-c3ccc4ncccc4n3)cc2OC)nc1. The third kappa shape index (κ3) is 3.68. The average Bonchev–Trinajstić information content (AvgIpc) is 2.77. The standard InChI is InChI=1S/C21H18N4O3/c1-26-16-6-5-15(23-12-16)13-28-21-20(27-2)10-14(11-24-21)17-7-8-18-19(25-17)4-3-9-22-18/h3-12H,13H2,1-2H3.